The van der Waals surface area contributed by atoms with E-state index in [-0.39, 0.29) is 5.41 Å². The topological polar surface area (TPSA) is 28.2 Å². The first-order valence-corrected chi connectivity index (χ1v) is 7.78. The van der Waals surface area contributed by atoms with E-state index in [1.54, 1.807) is 0 Å². The minimum absolute atomic E-state index is 0.211. The van der Waals surface area contributed by atoms with Gasteiger partial charge in [0.25, 0.3) is 0 Å². The summed E-state index contributed by atoms with van der Waals surface area (Å²) in [6.45, 7) is 9.74. The van der Waals surface area contributed by atoms with Gasteiger partial charge in [0, 0.05) is 25.7 Å². The SMILES string of the molecule is CC(N(C)c1ccc(Cl)c(CNC2CC2)n1)C(C)(C)C. The highest BCUT2D eigenvalue weighted by Gasteiger charge is 2.25. The van der Waals surface area contributed by atoms with Crippen molar-refractivity contribution in [2.45, 2.75) is 59.2 Å². The summed E-state index contributed by atoms with van der Waals surface area (Å²) in [5.41, 5.74) is 1.16. The van der Waals surface area contributed by atoms with Gasteiger partial charge in [0.1, 0.15) is 5.82 Å². The number of rotatable bonds is 5. The molecule has 0 spiro atoms. The quantitative estimate of drug-likeness (QED) is 0.894. The summed E-state index contributed by atoms with van der Waals surface area (Å²) in [6.07, 6.45) is 2.55. The number of nitrogens with zero attached hydrogens (tertiary/aromatic N) is 2. The monoisotopic (exact) mass is 295 g/mol. The van der Waals surface area contributed by atoms with E-state index in [4.69, 9.17) is 16.6 Å². The third kappa shape index (κ3) is 3.86. The number of nitrogens with one attached hydrogen (secondary N) is 1. The van der Waals surface area contributed by atoms with Gasteiger partial charge in [-0.05, 0) is 37.3 Å². The second-order valence-corrected chi connectivity index (χ2v) is 7.31. The molecule has 0 radical (unpaired) electrons. The molecule has 0 amide bonds. The van der Waals surface area contributed by atoms with Crippen molar-refractivity contribution in [3.05, 3.63) is 22.8 Å². The first kappa shape index (κ1) is 15.6. The Bertz CT molecular complexity index is 463. The van der Waals surface area contributed by atoms with E-state index in [1.165, 1.54) is 12.8 Å². The fourth-order valence-corrected chi connectivity index (χ4v) is 2.27. The molecule has 20 heavy (non-hydrogen) atoms. The average Bonchev–Trinajstić information content (AvgIpc) is 3.19. The standard InChI is InChI=1S/C16H26ClN3/c1-11(16(2,3)4)20(5)15-9-8-13(17)14(19-15)10-18-12-6-7-12/h8-9,11-12,18H,6-7,10H2,1-5H3. The summed E-state index contributed by atoms with van der Waals surface area (Å²) in [5, 5.41) is 4.22. The molecule has 1 atom stereocenters. The van der Waals surface area contributed by atoms with Crippen LogP contribution in [0.15, 0.2) is 12.1 Å². The summed E-state index contributed by atoms with van der Waals surface area (Å²) in [5.74, 6) is 0.990. The molecule has 1 aliphatic rings. The summed E-state index contributed by atoms with van der Waals surface area (Å²) in [7, 11) is 2.10. The third-order valence-corrected chi connectivity index (χ3v) is 4.58. The van der Waals surface area contributed by atoms with Gasteiger partial charge in [0.05, 0.1) is 10.7 Å². The molecule has 112 valence electrons. The lowest BCUT2D eigenvalue weighted by molar-refractivity contribution is 0.328. The van der Waals surface area contributed by atoms with Crippen molar-refractivity contribution in [3.63, 3.8) is 0 Å². The summed E-state index contributed by atoms with van der Waals surface area (Å²) in [4.78, 5) is 6.97. The molecule has 0 saturated heterocycles. The number of halogens is 1. The molecule has 1 aromatic heterocycles. The number of hydrogen-bond acceptors (Lipinski definition) is 3. The Hall–Kier alpha value is -0.800. The van der Waals surface area contributed by atoms with Crippen molar-refractivity contribution >= 4 is 17.4 Å². The Morgan fingerprint density at radius 1 is 1.40 bits per heavy atom. The first-order valence-electron chi connectivity index (χ1n) is 7.40. The maximum atomic E-state index is 6.25. The van der Waals surface area contributed by atoms with E-state index in [9.17, 15) is 0 Å². The molecule has 0 aliphatic heterocycles. The maximum absolute atomic E-state index is 6.25. The van der Waals surface area contributed by atoms with Gasteiger partial charge in [-0.15, -0.1) is 0 Å². The zero-order chi connectivity index (χ0) is 14.9. The normalized spacial score (nSPS) is 17.1. The van der Waals surface area contributed by atoms with Gasteiger partial charge in [-0.3, -0.25) is 0 Å². The Morgan fingerprint density at radius 2 is 2.05 bits per heavy atom. The molecular formula is C16H26ClN3. The number of anilines is 1. The lowest BCUT2D eigenvalue weighted by atomic mass is 9.87. The fourth-order valence-electron chi connectivity index (χ4n) is 2.10. The van der Waals surface area contributed by atoms with E-state index in [0.717, 1.165) is 23.1 Å². The molecular weight excluding hydrogens is 270 g/mol. The Kier molecular flexibility index (Phi) is 4.60. The summed E-state index contributed by atoms with van der Waals surface area (Å²) < 4.78 is 0. The van der Waals surface area contributed by atoms with E-state index < -0.39 is 0 Å². The number of pyridine rings is 1. The highest BCUT2D eigenvalue weighted by atomic mass is 35.5. The van der Waals surface area contributed by atoms with Crippen LogP contribution in [-0.2, 0) is 6.54 Å². The van der Waals surface area contributed by atoms with Crippen molar-refractivity contribution in [1.82, 2.24) is 10.3 Å². The van der Waals surface area contributed by atoms with Crippen molar-refractivity contribution in [1.29, 1.82) is 0 Å². The van der Waals surface area contributed by atoms with Crippen molar-refractivity contribution in [2.24, 2.45) is 5.41 Å². The zero-order valence-corrected chi connectivity index (χ0v) is 14.0. The summed E-state index contributed by atoms with van der Waals surface area (Å²) >= 11 is 6.25. The van der Waals surface area contributed by atoms with Crippen LogP contribution in [0.25, 0.3) is 0 Å². The first-order chi connectivity index (χ1) is 9.29. The van der Waals surface area contributed by atoms with Gasteiger partial charge < -0.3 is 10.2 Å². The second kappa shape index (κ2) is 5.90. The van der Waals surface area contributed by atoms with Crippen LogP contribution in [0.2, 0.25) is 5.02 Å². The predicted octanol–water partition coefficient (Wildman–Crippen LogP) is 3.86. The van der Waals surface area contributed by atoms with Crippen LogP contribution in [-0.4, -0.2) is 24.1 Å². The molecule has 1 aliphatic carbocycles. The van der Waals surface area contributed by atoms with Gasteiger partial charge in [-0.25, -0.2) is 4.98 Å². The molecule has 1 aromatic rings. The van der Waals surface area contributed by atoms with E-state index in [1.807, 2.05) is 12.1 Å². The van der Waals surface area contributed by atoms with Gasteiger partial charge >= 0.3 is 0 Å². The Morgan fingerprint density at radius 3 is 2.60 bits per heavy atom. The second-order valence-electron chi connectivity index (χ2n) is 6.91. The van der Waals surface area contributed by atoms with E-state index >= 15 is 0 Å². The lowest BCUT2D eigenvalue weighted by Gasteiger charge is -2.36. The van der Waals surface area contributed by atoms with Crippen molar-refractivity contribution < 1.29 is 0 Å². The minimum atomic E-state index is 0.211. The maximum Gasteiger partial charge on any atom is 0.128 e. The van der Waals surface area contributed by atoms with Crippen molar-refractivity contribution in [2.75, 3.05) is 11.9 Å². The van der Waals surface area contributed by atoms with Crippen LogP contribution < -0.4 is 10.2 Å². The van der Waals surface area contributed by atoms with Crippen LogP contribution in [0.1, 0.15) is 46.2 Å². The largest absolute Gasteiger partial charge is 0.356 e. The molecule has 1 fully saturated rings. The molecule has 1 N–H and O–H groups in total. The Balaban J connectivity index is 2.12. The van der Waals surface area contributed by atoms with Gasteiger partial charge in [-0.1, -0.05) is 32.4 Å². The molecule has 0 aromatic carbocycles. The third-order valence-electron chi connectivity index (χ3n) is 4.24. The predicted molar refractivity (Wildman–Crippen MR) is 86.4 cm³/mol. The number of aromatic nitrogens is 1. The van der Waals surface area contributed by atoms with Crippen LogP contribution >= 0.6 is 11.6 Å². The molecule has 1 saturated carbocycles. The Labute approximate surface area is 127 Å². The average molecular weight is 296 g/mol. The molecule has 1 heterocycles. The van der Waals surface area contributed by atoms with Gasteiger partial charge in [-0.2, -0.15) is 0 Å². The van der Waals surface area contributed by atoms with E-state index in [2.05, 4.69) is 45.0 Å². The molecule has 0 bridgehead atoms. The van der Waals surface area contributed by atoms with Gasteiger partial charge in [0.2, 0.25) is 0 Å². The fraction of sp³-hybridized carbons (Fsp3) is 0.688. The number of hydrogen-bond donors (Lipinski definition) is 1. The highest BCUT2D eigenvalue weighted by Crippen LogP contribution is 2.28. The molecule has 3 nitrogen and oxygen atoms in total. The van der Waals surface area contributed by atoms with Crippen LogP contribution in [0.5, 0.6) is 0 Å². The molecule has 1 unspecified atom stereocenters. The molecule has 4 heteroatoms. The van der Waals surface area contributed by atoms with Gasteiger partial charge in [0.15, 0.2) is 0 Å². The van der Waals surface area contributed by atoms with Crippen molar-refractivity contribution in [3.8, 4) is 0 Å². The van der Waals surface area contributed by atoms with Crippen LogP contribution in [0, 0.1) is 5.41 Å². The minimum Gasteiger partial charge on any atom is -0.356 e. The zero-order valence-electron chi connectivity index (χ0n) is 13.2. The highest BCUT2D eigenvalue weighted by molar-refractivity contribution is 6.31. The smallest absolute Gasteiger partial charge is 0.128 e. The lowest BCUT2D eigenvalue weighted by Crippen LogP contribution is -2.40. The van der Waals surface area contributed by atoms with Crippen LogP contribution in [0.4, 0.5) is 5.82 Å². The van der Waals surface area contributed by atoms with Crippen LogP contribution in [0.3, 0.4) is 0 Å². The summed E-state index contributed by atoms with van der Waals surface area (Å²) in [6, 6.07) is 5.04. The van der Waals surface area contributed by atoms with E-state index in [0.29, 0.717) is 12.1 Å². The molecule has 2 rings (SSSR count).